The van der Waals surface area contributed by atoms with Gasteiger partial charge in [-0.05, 0) is 49.4 Å². The van der Waals surface area contributed by atoms with Crippen molar-refractivity contribution in [1.29, 1.82) is 0 Å². The summed E-state index contributed by atoms with van der Waals surface area (Å²) in [5.41, 5.74) is 0. The van der Waals surface area contributed by atoms with Crippen molar-refractivity contribution in [2.75, 3.05) is 0 Å². The molecule has 0 amide bonds. The highest BCUT2D eigenvalue weighted by Gasteiger charge is 2.36. The molecule has 1 aliphatic heterocycles. The van der Waals surface area contributed by atoms with Gasteiger partial charge in [-0.2, -0.15) is 0 Å². The van der Waals surface area contributed by atoms with Crippen LogP contribution in [-0.4, -0.2) is 23.3 Å². The minimum absolute atomic E-state index is 0.0682. The Labute approximate surface area is 127 Å². The van der Waals surface area contributed by atoms with Crippen LogP contribution in [0.4, 0.5) is 0 Å². The van der Waals surface area contributed by atoms with Crippen molar-refractivity contribution in [3.05, 3.63) is 12.2 Å². The molecule has 1 N–H and O–H groups in total. The van der Waals surface area contributed by atoms with E-state index in [1.165, 1.54) is 25.7 Å². The Kier molecular flexibility index (Phi) is 4.68. The maximum Gasteiger partial charge on any atom is 0.308 e. The number of esters is 1. The normalized spacial score (nSPS) is 43.2. The lowest BCUT2D eigenvalue weighted by Gasteiger charge is -2.42. The van der Waals surface area contributed by atoms with E-state index in [0.717, 1.165) is 30.6 Å². The molecule has 21 heavy (non-hydrogen) atoms. The van der Waals surface area contributed by atoms with E-state index in [2.05, 4.69) is 19.1 Å². The molecule has 0 aromatic heterocycles. The predicted molar refractivity (Wildman–Crippen MR) is 81.6 cm³/mol. The lowest BCUT2D eigenvalue weighted by Crippen LogP contribution is -2.36. The summed E-state index contributed by atoms with van der Waals surface area (Å²) >= 11 is 0. The number of ether oxygens (including phenoxy) is 1. The van der Waals surface area contributed by atoms with Crippen molar-refractivity contribution in [1.82, 2.24) is 0 Å². The molecule has 2 fully saturated rings. The summed E-state index contributed by atoms with van der Waals surface area (Å²) in [4.78, 5) is 11.4. The summed E-state index contributed by atoms with van der Waals surface area (Å²) in [5, 5.41) is 9.71. The molecule has 0 aromatic carbocycles. The van der Waals surface area contributed by atoms with Crippen LogP contribution in [0.2, 0.25) is 0 Å². The highest BCUT2D eigenvalue weighted by atomic mass is 16.5. The summed E-state index contributed by atoms with van der Waals surface area (Å²) in [6.07, 6.45) is 12.6. The largest absolute Gasteiger partial charge is 0.462 e. The third kappa shape index (κ3) is 3.50. The van der Waals surface area contributed by atoms with Crippen LogP contribution in [0.15, 0.2) is 12.2 Å². The summed E-state index contributed by atoms with van der Waals surface area (Å²) in [5.74, 6) is 2.72. The number of carbonyl (C=O) groups excluding carboxylic acids is 1. The molecule has 1 saturated carbocycles. The number of aliphatic hydroxyl groups is 1. The molecule has 1 saturated heterocycles. The fourth-order valence-electron chi connectivity index (χ4n) is 4.70. The zero-order valence-electron chi connectivity index (χ0n) is 13.0. The van der Waals surface area contributed by atoms with E-state index in [4.69, 9.17) is 4.74 Å². The molecule has 0 aromatic rings. The number of cyclic esters (lactones) is 1. The molecule has 6 atom stereocenters. The van der Waals surface area contributed by atoms with Crippen LogP contribution in [0.25, 0.3) is 0 Å². The lowest BCUT2D eigenvalue weighted by molar-refractivity contribution is -0.160. The molecule has 0 bridgehead atoms. The molecule has 3 nitrogen and oxygen atoms in total. The number of hydrogen-bond acceptors (Lipinski definition) is 3. The molecule has 0 spiro atoms. The second kappa shape index (κ2) is 6.51. The van der Waals surface area contributed by atoms with Crippen molar-refractivity contribution in [3.63, 3.8) is 0 Å². The molecule has 3 rings (SSSR count). The van der Waals surface area contributed by atoms with Gasteiger partial charge in [0, 0.05) is 6.42 Å². The van der Waals surface area contributed by atoms with Crippen LogP contribution in [0, 0.1) is 23.7 Å². The topological polar surface area (TPSA) is 46.5 Å². The highest BCUT2D eigenvalue weighted by Crippen LogP contribution is 2.45. The number of hydrogen-bond donors (Lipinski definition) is 1. The molecule has 0 unspecified atom stereocenters. The van der Waals surface area contributed by atoms with Gasteiger partial charge in [0.1, 0.15) is 6.10 Å². The van der Waals surface area contributed by atoms with Gasteiger partial charge in [-0.25, -0.2) is 0 Å². The van der Waals surface area contributed by atoms with Crippen molar-refractivity contribution in [2.45, 2.75) is 70.5 Å². The van der Waals surface area contributed by atoms with Crippen LogP contribution in [0.5, 0.6) is 0 Å². The Balaban J connectivity index is 1.58. The smallest absolute Gasteiger partial charge is 0.308 e. The minimum atomic E-state index is -0.498. The molecule has 2 aliphatic carbocycles. The maximum absolute atomic E-state index is 11.4. The van der Waals surface area contributed by atoms with Gasteiger partial charge < -0.3 is 9.84 Å². The summed E-state index contributed by atoms with van der Waals surface area (Å²) in [6.45, 7) is 2.33. The number of rotatable bonds is 3. The highest BCUT2D eigenvalue weighted by molar-refractivity contribution is 5.70. The van der Waals surface area contributed by atoms with Crippen LogP contribution >= 0.6 is 0 Å². The first kappa shape index (κ1) is 15.1. The molecule has 1 heterocycles. The van der Waals surface area contributed by atoms with Gasteiger partial charge in [0.25, 0.3) is 0 Å². The van der Waals surface area contributed by atoms with E-state index in [1.807, 2.05) is 0 Å². The number of allylic oxidation sites excluding steroid dienone is 2. The van der Waals surface area contributed by atoms with Gasteiger partial charge in [0.2, 0.25) is 0 Å². The second-order valence-electron chi connectivity index (χ2n) is 7.30. The maximum atomic E-state index is 11.4. The Morgan fingerprint density at radius 1 is 1.24 bits per heavy atom. The standard InChI is InChI=1S/C18H28O3/c1-12-6-7-13-4-2-3-5-17(13)16(12)9-8-15-10-14(19)11-18(20)21-15/h6-7,12-17,19H,2-5,8-11H2,1H3/t12-,13-,14-,15+,16+,17-/m0/s1. The van der Waals surface area contributed by atoms with Crippen molar-refractivity contribution in [3.8, 4) is 0 Å². The lowest BCUT2D eigenvalue weighted by atomic mass is 9.64. The molecule has 3 heteroatoms. The first-order valence-electron chi connectivity index (χ1n) is 8.69. The van der Waals surface area contributed by atoms with Crippen LogP contribution in [0.1, 0.15) is 58.3 Å². The second-order valence-corrected chi connectivity index (χ2v) is 7.30. The van der Waals surface area contributed by atoms with Crippen molar-refractivity contribution in [2.24, 2.45) is 23.7 Å². The van der Waals surface area contributed by atoms with Crippen LogP contribution in [0.3, 0.4) is 0 Å². The van der Waals surface area contributed by atoms with E-state index < -0.39 is 6.10 Å². The Hall–Kier alpha value is -0.830. The van der Waals surface area contributed by atoms with E-state index in [1.54, 1.807) is 0 Å². The summed E-state index contributed by atoms with van der Waals surface area (Å²) < 4.78 is 5.40. The summed E-state index contributed by atoms with van der Waals surface area (Å²) in [6, 6.07) is 0. The third-order valence-electron chi connectivity index (χ3n) is 5.82. The van der Waals surface area contributed by atoms with Gasteiger partial charge in [-0.15, -0.1) is 0 Å². The van der Waals surface area contributed by atoms with E-state index in [0.29, 0.717) is 12.3 Å². The van der Waals surface area contributed by atoms with Gasteiger partial charge in [0.05, 0.1) is 12.5 Å². The minimum Gasteiger partial charge on any atom is -0.462 e. The first-order chi connectivity index (χ1) is 10.1. The Morgan fingerprint density at radius 3 is 2.86 bits per heavy atom. The molecule has 3 aliphatic rings. The average Bonchev–Trinajstić information content (AvgIpc) is 2.45. The van der Waals surface area contributed by atoms with E-state index in [9.17, 15) is 9.90 Å². The number of aliphatic hydroxyl groups excluding tert-OH is 1. The Morgan fingerprint density at radius 2 is 2.05 bits per heavy atom. The van der Waals surface area contributed by atoms with E-state index in [-0.39, 0.29) is 18.5 Å². The fraction of sp³-hybridized carbons (Fsp3) is 0.833. The predicted octanol–water partition coefficient (Wildman–Crippen LogP) is 3.46. The summed E-state index contributed by atoms with van der Waals surface area (Å²) in [7, 11) is 0. The monoisotopic (exact) mass is 292 g/mol. The van der Waals surface area contributed by atoms with E-state index >= 15 is 0 Å². The third-order valence-corrected chi connectivity index (χ3v) is 5.82. The van der Waals surface area contributed by atoms with Crippen molar-refractivity contribution >= 4 is 5.97 Å². The number of carbonyl (C=O) groups is 1. The molecule has 0 radical (unpaired) electrons. The fourth-order valence-corrected chi connectivity index (χ4v) is 4.70. The first-order valence-corrected chi connectivity index (χ1v) is 8.69. The average molecular weight is 292 g/mol. The van der Waals surface area contributed by atoms with Gasteiger partial charge in [0.15, 0.2) is 0 Å². The van der Waals surface area contributed by atoms with Crippen LogP contribution in [-0.2, 0) is 9.53 Å². The van der Waals surface area contributed by atoms with Gasteiger partial charge in [-0.3, -0.25) is 4.79 Å². The molecule has 118 valence electrons. The van der Waals surface area contributed by atoms with Gasteiger partial charge >= 0.3 is 5.97 Å². The van der Waals surface area contributed by atoms with Gasteiger partial charge in [-0.1, -0.05) is 31.9 Å². The number of fused-ring (bicyclic) bond motifs is 1. The molecular formula is C18H28O3. The molecular weight excluding hydrogens is 264 g/mol. The zero-order valence-corrected chi connectivity index (χ0v) is 13.0. The zero-order chi connectivity index (χ0) is 14.8. The van der Waals surface area contributed by atoms with Crippen LogP contribution < -0.4 is 0 Å². The quantitative estimate of drug-likeness (QED) is 0.640. The van der Waals surface area contributed by atoms with Crippen molar-refractivity contribution < 1.29 is 14.6 Å². The Bertz CT molecular complexity index is 403. The SMILES string of the molecule is C[C@H]1C=C[C@@H]2CCCC[C@@H]2[C@@H]1CC[C@@H]1C[C@H](O)CC(=O)O1.